The van der Waals surface area contributed by atoms with Crippen LogP contribution in [0.3, 0.4) is 0 Å². The number of aryl methyl sites for hydroxylation is 2. The summed E-state index contributed by atoms with van der Waals surface area (Å²) in [5.74, 6) is -0.675. The van der Waals surface area contributed by atoms with E-state index in [1.54, 1.807) is 0 Å². The standard InChI is InChI=1S/C23H28N4O3/c1-14(2)22(23(29)30-5)25-21(28)12-11-18-15(3)24-20-13-19(26-27(20)16(18)4)17-9-7-6-8-10-17/h6-10,13-14,22H,11-12H2,1-5H3,(H,25,28)/t22-/m0/s1. The predicted octanol–water partition coefficient (Wildman–Crippen LogP) is 3.26. The monoisotopic (exact) mass is 408 g/mol. The SMILES string of the molecule is COC(=O)[C@@H](NC(=O)CCc1c(C)nc2cc(-c3ccccc3)nn2c1C)C(C)C. The summed E-state index contributed by atoms with van der Waals surface area (Å²) in [6, 6.07) is 11.3. The molecule has 3 rings (SSSR count). The van der Waals surface area contributed by atoms with Gasteiger partial charge >= 0.3 is 5.97 Å². The van der Waals surface area contributed by atoms with E-state index in [9.17, 15) is 9.59 Å². The third-order valence-electron chi connectivity index (χ3n) is 5.27. The van der Waals surface area contributed by atoms with Gasteiger partial charge in [-0.05, 0) is 31.7 Å². The lowest BCUT2D eigenvalue weighted by atomic mass is 10.0. The number of aromatic nitrogens is 3. The Morgan fingerprint density at radius 2 is 1.87 bits per heavy atom. The Bertz CT molecular complexity index is 1060. The summed E-state index contributed by atoms with van der Waals surface area (Å²) >= 11 is 0. The normalized spacial score (nSPS) is 12.2. The highest BCUT2D eigenvalue weighted by Crippen LogP contribution is 2.22. The maximum absolute atomic E-state index is 12.5. The molecule has 3 aromatic rings. The Kier molecular flexibility index (Phi) is 6.50. The number of carbonyl (C=O) groups is 2. The molecule has 0 saturated heterocycles. The number of methoxy groups -OCH3 is 1. The summed E-state index contributed by atoms with van der Waals surface area (Å²) in [6.45, 7) is 7.68. The minimum atomic E-state index is -0.648. The fraction of sp³-hybridized carbons (Fsp3) is 0.391. The highest BCUT2D eigenvalue weighted by atomic mass is 16.5. The van der Waals surface area contributed by atoms with E-state index in [1.807, 2.05) is 68.6 Å². The van der Waals surface area contributed by atoms with E-state index in [0.717, 1.165) is 33.9 Å². The highest BCUT2D eigenvalue weighted by molar-refractivity contribution is 5.84. The van der Waals surface area contributed by atoms with Crippen LogP contribution >= 0.6 is 0 Å². The first-order valence-electron chi connectivity index (χ1n) is 10.1. The van der Waals surface area contributed by atoms with Gasteiger partial charge in [-0.3, -0.25) is 4.79 Å². The van der Waals surface area contributed by atoms with E-state index in [0.29, 0.717) is 6.42 Å². The van der Waals surface area contributed by atoms with Gasteiger partial charge in [0.15, 0.2) is 5.65 Å². The molecule has 1 amide bonds. The topological polar surface area (TPSA) is 85.6 Å². The first kappa shape index (κ1) is 21.5. The molecule has 0 radical (unpaired) electrons. The van der Waals surface area contributed by atoms with Crippen molar-refractivity contribution in [2.75, 3.05) is 7.11 Å². The van der Waals surface area contributed by atoms with E-state index in [4.69, 9.17) is 9.84 Å². The molecule has 1 atom stereocenters. The molecule has 0 fully saturated rings. The zero-order valence-electron chi connectivity index (χ0n) is 18.1. The van der Waals surface area contributed by atoms with E-state index >= 15 is 0 Å². The summed E-state index contributed by atoms with van der Waals surface area (Å²) in [4.78, 5) is 29.0. The Balaban J connectivity index is 1.79. The predicted molar refractivity (Wildman–Crippen MR) is 115 cm³/mol. The Labute approximate surface area is 176 Å². The van der Waals surface area contributed by atoms with Gasteiger partial charge in [-0.2, -0.15) is 5.10 Å². The van der Waals surface area contributed by atoms with Gasteiger partial charge in [-0.15, -0.1) is 0 Å². The van der Waals surface area contributed by atoms with Crippen LogP contribution in [0.4, 0.5) is 0 Å². The Morgan fingerprint density at radius 1 is 1.17 bits per heavy atom. The highest BCUT2D eigenvalue weighted by Gasteiger charge is 2.25. The van der Waals surface area contributed by atoms with Crippen molar-refractivity contribution in [1.29, 1.82) is 0 Å². The lowest BCUT2D eigenvalue weighted by Gasteiger charge is -2.20. The Morgan fingerprint density at radius 3 is 2.50 bits per heavy atom. The van der Waals surface area contributed by atoms with Crippen molar-refractivity contribution in [2.24, 2.45) is 5.92 Å². The summed E-state index contributed by atoms with van der Waals surface area (Å²) in [5, 5.41) is 7.49. The van der Waals surface area contributed by atoms with Gasteiger partial charge in [0, 0.05) is 29.4 Å². The molecule has 0 spiro atoms. The molecule has 0 bridgehead atoms. The van der Waals surface area contributed by atoms with Gasteiger partial charge in [-0.25, -0.2) is 14.3 Å². The first-order chi connectivity index (χ1) is 14.3. The van der Waals surface area contributed by atoms with Crippen LogP contribution in [-0.2, 0) is 20.7 Å². The van der Waals surface area contributed by atoms with Gasteiger partial charge < -0.3 is 10.1 Å². The quantitative estimate of drug-likeness (QED) is 0.607. The van der Waals surface area contributed by atoms with E-state index in [-0.39, 0.29) is 18.2 Å². The maximum atomic E-state index is 12.5. The number of benzene rings is 1. The number of hydrogen-bond donors (Lipinski definition) is 1. The van der Waals surface area contributed by atoms with E-state index in [2.05, 4.69) is 10.3 Å². The lowest BCUT2D eigenvalue weighted by Crippen LogP contribution is -2.45. The Hall–Kier alpha value is -3.22. The maximum Gasteiger partial charge on any atom is 0.328 e. The number of carbonyl (C=O) groups excluding carboxylic acids is 2. The van der Waals surface area contributed by atoms with Crippen molar-refractivity contribution in [1.82, 2.24) is 19.9 Å². The van der Waals surface area contributed by atoms with Gasteiger partial charge in [-0.1, -0.05) is 44.2 Å². The molecule has 1 aromatic carbocycles. The molecule has 7 heteroatoms. The van der Waals surface area contributed by atoms with Gasteiger partial charge in [0.1, 0.15) is 6.04 Å². The van der Waals surface area contributed by atoms with Crippen LogP contribution in [0.2, 0.25) is 0 Å². The van der Waals surface area contributed by atoms with Crippen molar-refractivity contribution >= 4 is 17.5 Å². The second-order valence-corrected chi connectivity index (χ2v) is 7.74. The minimum absolute atomic E-state index is 0.0524. The average molecular weight is 409 g/mol. The van der Waals surface area contributed by atoms with Crippen molar-refractivity contribution in [3.8, 4) is 11.3 Å². The van der Waals surface area contributed by atoms with E-state index < -0.39 is 12.0 Å². The second kappa shape index (κ2) is 9.07. The molecule has 1 N–H and O–H groups in total. The molecule has 7 nitrogen and oxygen atoms in total. The largest absolute Gasteiger partial charge is 0.467 e. The number of hydrogen-bond acceptors (Lipinski definition) is 5. The van der Waals surface area contributed by atoms with Crippen molar-refractivity contribution in [2.45, 2.75) is 46.6 Å². The van der Waals surface area contributed by atoms with Crippen LogP contribution in [0.25, 0.3) is 16.9 Å². The molecular weight excluding hydrogens is 380 g/mol. The zero-order chi connectivity index (χ0) is 21.8. The molecule has 0 aliphatic carbocycles. The zero-order valence-corrected chi connectivity index (χ0v) is 18.1. The number of fused-ring (bicyclic) bond motifs is 1. The fourth-order valence-corrected chi connectivity index (χ4v) is 3.55. The number of ether oxygens (including phenoxy) is 1. The molecular formula is C23H28N4O3. The van der Waals surface area contributed by atoms with E-state index in [1.165, 1.54) is 7.11 Å². The summed E-state index contributed by atoms with van der Waals surface area (Å²) in [5.41, 5.74) is 5.49. The molecule has 30 heavy (non-hydrogen) atoms. The number of rotatable bonds is 7. The van der Waals surface area contributed by atoms with Crippen molar-refractivity contribution < 1.29 is 14.3 Å². The molecule has 2 heterocycles. The first-order valence-corrected chi connectivity index (χ1v) is 10.1. The molecule has 0 unspecified atom stereocenters. The second-order valence-electron chi connectivity index (χ2n) is 7.74. The number of esters is 1. The van der Waals surface area contributed by atoms with Crippen LogP contribution < -0.4 is 5.32 Å². The van der Waals surface area contributed by atoms with Crippen LogP contribution in [0, 0.1) is 19.8 Å². The molecule has 158 valence electrons. The number of nitrogens with zero attached hydrogens (tertiary/aromatic N) is 3. The van der Waals surface area contributed by atoms with Gasteiger partial charge in [0.2, 0.25) is 5.91 Å². The number of nitrogens with one attached hydrogen (secondary N) is 1. The van der Waals surface area contributed by atoms with Crippen molar-refractivity contribution in [3.05, 3.63) is 53.3 Å². The minimum Gasteiger partial charge on any atom is -0.467 e. The summed E-state index contributed by atoms with van der Waals surface area (Å²) < 4.78 is 6.61. The average Bonchev–Trinajstić information content (AvgIpc) is 3.16. The molecule has 2 aromatic heterocycles. The molecule has 0 aliphatic rings. The lowest BCUT2D eigenvalue weighted by molar-refractivity contribution is -0.146. The van der Waals surface area contributed by atoms with Crippen LogP contribution in [0.1, 0.15) is 37.2 Å². The smallest absolute Gasteiger partial charge is 0.328 e. The summed E-state index contributed by atoms with van der Waals surface area (Å²) in [7, 11) is 1.32. The third kappa shape index (κ3) is 4.50. The molecule has 0 aliphatic heterocycles. The van der Waals surface area contributed by atoms with Crippen LogP contribution in [0.5, 0.6) is 0 Å². The van der Waals surface area contributed by atoms with Gasteiger partial charge in [0.05, 0.1) is 12.8 Å². The van der Waals surface area contributed by atoms with Crippen molar-refractivity contribution in [3.63, 3.8) is 0 Å². The number of amides is 1. The van der Waals surface area contributed by atoms with Gasteiger partial charge in [0.25, 0.3) is 0 Å². The summed E-state index contributed by atoms with van der Waals surface area (Å²) in [6.07, 6.45) is 0.765. The van der Waals surface area contributed by atoms with Crippen LogP contribution in [0.15, 0.2) is 36.4 Å². The molecule has 0 saturated carbocycles. The third-order valence-corrected chi connectivity index (χ3v) is 5.27. The fourth-order valence-electron chi connectivity index (χ4n) is 3.55. The van der Waals surface area contributed by atoms with Crippen LogP contribution in [-0.4, -0.2) is 39.6 Å².